The SMILES string of the molecule is N#Cc1ccc(NS(=O)(=O)CCl)cc1Cl. The molecule has 0 radical (unpaired) electrons. The van der Waals surface area contributed by atoms with Gasteiger partial charge in [0.25, 0.3) is 0 Å². The maximum Gasteiger partial charge on any atom is 0.246 e. The third kappa shape index (κ3) is 3.27. The molecule has 0 fully saturated rings. The van der Waals surface area contributed by atoms with Crippen molar-refractivity contribution in [2.45, 2.75) is 0 Å². The first kappa shape index (κ1) is 12.1. The Bertz CT molecular complexity index is 508. The summed E-state index contributed by atoms with van der Waals surface area (Å²) >= 11 is 10.9. The molecule has 4 nitrogen and oxygen atoms in total. The smallest absolute Gasteiger partial charge is 0.246 e. The number of halogens is 2. The van der Waals surface area contributed by atoms with Gasteiger partial charge in [0.05, 0.1) is 16.3 Å². The number of nitrogens with one attached hydrogen (secondary N) is 1. The van der Waals surface area contributed by atoms with Crippen molar-refractivity contribution in [1.82, 2.24) is 0 Å². The van der Waals surface area contributed by atoms with Crippen molar-refractivity contribution >= 4 is 38.9 Å². The molecule has 0 aliphatic rings. The van der Waals surface area contributed by atoms with Crippen LogP contribution in [0.2, 0.25) is 5.02 Å². The van der Waals surface area contributed by atoms with Gasteiger partial charge in [-0.05, 0) is 18.2 Å². The Hall–Kier alpha value is -0.960. The van der Waals surface area contributed by atoms with Gasteiger partial charge in [0.1, 0.15) is 11.3 Å². The van der Waals surface area contributed by atoms with Crippen LogP contribution in [0.3, 0.4) is 0 Å². The van der Waals surface area contributed by atoms with E-state index in [2.05, 4.69) is 4.72 Å². The van der Waals surface area contributed by atoms with Crippen LogP contribution in [0.15, 0.2) is 18.2 Å². The van der Waals surface area contributed by atoms with Crippen LogP contribution in [0.5, 0.6) is 0 Å². The lowest BCUT2D eigenvalue weighted by molar-refractivity contribution is 0.605. The maximum absolute atomic E-state index is 11.1. The van der Waals surface area contributed by atoms with Crippen molar-refractivity contribution in [1.29, 1.82) is 5.26 Å². The molecule has 0 aliphatic carbocycles. The van der Waals surface area contributed by atoms with Gasteiger partial charge in [-0.2, -0.15) is 5.26 Å². The fourth-order valence-electron chi connectivity index (χ4n) is 0.876. The molecule has 0 unspecified atom stereocenters. The first-order chi connectivity index (χ1) is 6.98. The Balaban J connectivity index is 3.01. The lowest BCUT2D eigenvalue weighted by Gasteiger charge is -2.05. The minimum absolute atomic E-state index is 0.187. The molecule has 1 aromatic carbocycles. The third-order valence-electron chi connectivity index (χ3n) is 1.51. The predicted octanol–water partition coefficient (Wildman–Crippen LogP) is 2.15. The zero-order valence-electron chi connectivity index (χ0n) is 7.37. The van der Waals surface area contributed by atoms with E-state index in [9.17, 15) is 8.42 Å². The maximum atomic E-state index is 11.1. The van der Waals surface area contributed by atoms with Crippen LogP contribution in [-0.2, 0) is 10.0 Å². The standard InChI is InChI=1S/C8H6Cl2N2O2S/c9-5-15(13,14)12-7-2-1-6(4-11)8(10)3-7/h1-3,12H,5H2. The van der Waals surface area contributed by atoms with E-state index < -0.39 is 15.2 Å². The Labute approximate surface area is 97.5 Å². The highest BCUT2D eigenvalue weighted by molar-refractivity contribution is 7.93. The summed E-state index contributed by atoms with van der Waals surface area (Å²) in [4.78, 5) is 0. The summed E-state index contributed by atoms with van der Waals surface area (Å²) < 4.78 is 24.4. The zero-order valence-corrected chi connectivity index (χ0v) is 9.70. The minimum atomic E-state index is -3.53. The molecule has 80 valence electrons. The molecule has 0 aliphatic heterocycles. The van der Waals surface area contributed by atoms with Crippen molar-refractivity contribution in [3.05, 3.63) is 28.8 Å². The van der Waals surface area contributed by atoms with Gasteiger partial charge in [-0.15, -0.1) is 11.6 Å². The molecule has 0 heterocycles. The van der Waals surface area contributed by atoms with E-state index >= 15 is 0 Å². The van der Waals surface area contributed by atoms with Crippen LogP contribution in [0.1, 0.15) is 5.56 Å². The minimum Gasteiger partial charge on any atom is -0.283 e. The van der Waals surface area contributed by atoms with Gasteiger partial charge in [-0.1, -0.05) is 11.6 Å². The van der Waals surface area contributed by atoms with Crippen LogP contribution in [-0.4, -0.2) is 13.6 Å². The lowest BCUT2D eigenvalue weighted by atomic mass is 10.2. The van der Waals surface area contributed by atoms with Crippen molar-refractivity contribution in [3.63, 3.8) is 0 Å². The Kier molecular flexibility index (Phi) is 3.80. The molecule has 0 aromatic heterocycles. The lowest BCUT2D eigenvalue weighted by Crippen LogP contribution is -2.13. The summed E-state index contributed by atoms with van der Waals surface area (Å²) in [5.41, 5.74) is 0.560. The summed E-state index contributed by atoms with van der Waals surface area (Å²) in [5.74, 6) is 0. The Morgan fingerprint density at radius 2 is 2.13 bits per heavy atom. The Morgan fingerprint density at radius 3 is 2.60 bits per heavy atom. The highest BCUT2D eigenvalue weighted by atomic mass is 35.5. The van der Waals surface area contributed by atoms with E-state index in [4.69, 9.17) is 28.5 Å². The monoisotopic (exact) mass is 264 g/mol. The second kappa shape index (κ2) is 4.71. The number of benzene rings is 1. The number of alkyl halides is 1. The second-order valence-corrected chi connectivity index (χ2v) is 5.35. The van der Waals surface area contributed by atoms with Gasteiger partial charge >= 0.3 is 0 Å². The van der Waals surface area contributed by atoms with Gasteiger partial charge in [0.2, 0.25) is 10.0 Å². The molecule has 15 heavy (non-hydrogen) atoms. The summed E-state index contributed by atoms with van der Waals surface area (Å²) in [6.45, 7) is 0. The van der Waals surface area contributed by atoms with Crippen molar-refractivity contribution in [3.8, 4) is 6.07 Å². The molecule has 0 atom stereocenters. The highest BCUT2D eigenvalue weighted by Crippen LogP contribution is 2.21. The number of nitrogens with zero attached hydrogens (tertiary/aromatic N) is 1. The molecule has 0 amide bonds. The average Bonchev–Trinajstić information content (AvgIpc) is 2.17. The molecule has 1 aromatic rings. The normalized spacial score (nSPS) is 10.7. The molecular formula is C8H6Cl2N2O2S. The molecule has 1 N–H and O–H groups in total. The molecule has 0 bridgehead atoms. The molecule has 0 saturated carbocycles. The van der Waals surface area contributed by atoms with E-state index in [0.717, 1.165) is 0 Å². The fourth-order valence-corrected chi connectivity index (χ4v) is 1.80. The van der Waals surface area contributed by atoms with Crippen LogP contribution in [0, 0.1) is 11.3 Å². The largest absolute Gasteiger partial charge is 0.283 e. The summed E-state index contributed by atoms with van der Waals surface area (Å²) in [5, 5.41) is 8.24. The number of hydrogen-bond donors (Lipinski definition) is 1. The number of rotatable bonds is 3. The topological polar surface area (TPSA) is 70.0 Å². The number of anilines is 1. The molecule has 0 spiro atoms. The number of hydrogen-bond acceptors (Lipinski definition) is 3. The summed E-state index contributed by atoms with van der Waals surface area (Å²) in [7, 11) is -3.53. The second-order valence-electron chi connectivity index (χ2n) is 2.63. The van der Waals surface area contributed by atoms with Crippen LogP contribution in [0.25, 0.3) is 0 Å². The van der Waals surface area contributed by atoms with Gasteiger partial charge < -0.3 is 0 Å². The Morgan fingerprint density at radius 1 is 1.47 bits per heavy atom. The first-order valence-corrected chi connectivity index (χ1v) is 6.31. The van der Waals surface area contributed by atoms with E-state index in [0.29, 0.717) is 0 Å². The van der Waals surface area contributed by atoms with Crippen LogP contribution < -0.4 is 4.72 Å². The number of sulfonamides is 1. The van der Waals surface area contributed by atoms with E-state index in [1.807, 2.05) is 6.07 Å². The van der Waals surface area contributed by atoms with Gasteiger partial charge in [-0.25, -0.2) is 8.42 Å². The fraction of sp³-hybridized carbons (Fsp3) is 0.125. The predicted molar refractivity (Wildman–Crippen MR) is 59.4 cm³/mol. The quantitative estimate of drug-likeness (QED) is 0.851. The van der Waals surface area contributed by atoms with Crippen molar-refractivity contribution in [2.75, 3.05) is 9.93 Å². The highest BCUT2D eigenvalue weighted by Gasteiger charge is 2.09. The summed E-state index contributed by atoms with van der Waals surface area (Å²) in [6, 6.07) is 6.08. The van der Waals surface area contributed by atoms with Crippen molar-refractivity contribution in [2.24, 2.45) is 0 Å². The van der Waals surface area contributed by atoms with Gasteiger partial charge in [0.15, 0.2) is 0 Å². The van der Waals surface area contributed by atoms with Gasteiger partial charge in [-0.3, -0.25) is 4.72 Å². The number of nitriles is 1. The van der Waals surface area contributed by atoms with E-state index in [1.165, 1.54) is 18.2 Å². The van der Waals surface area contributed by atoms with Crippen LogP contribution in [0.4, 0.5) is 5.69 Å². The molecule has 7 heteroatoms. The van der Waals surface area contributed by atoms with Crippen molar-refractivity contribution < 1.29 is 8.42 Å². The molecular weight excluding hydrogens is 259 g/mol. The first-order valence-electron chi connectivity index (χ1n) is 3.74. The molecule has 0 saturated heterocycles. The van der Waals surface area contributed by atoms with Gasteiger partial charge in [0, 0.05) is 0 Å². The third-order valence-corrected chi connectivity index (χ3v) is 3.52. The van der Waals surface area contributed by atoms with E-state index in [-0.39, 0.29) is 16.3 Å². The summed E-state index contributed by atoms with van der Waals surface area (Å²) in [6.07, 6.45) is 0. The molecule has 1 rings (SSSR count). The zero-order chi connectivity index (χ0) is 11.5. The van der Waals surface area contributed by atoms with Crippen LogP contribution >= 0.6 is 23.2 Å². The average molecular weight is 265 g/mol. The van der Waals surface area contributed by atoms with E-state index in [1.54, 1.807) is 0 Å².